The van der Waals surface area contributed by atoms with Crippen LogP contribution in [0.3, 0.4) is 0 Å². The molecule has 11 heteroatoms. The number of aromatic nitrogens is 2. The third-order valence-electron chi connectivity index (χ3n) is 5.76. The third-order valence-corrected chi connectivity index (χ3v) is 6.73. The highest BCUT2D eigenvalue weighted by molar-refractivity contribution is 7.11. The number of fused-ring (bicyclic) bond motifs is 1. The predicted octanol–water partition coefficient (Wildman–Crippen LogP) is 1.84. The van der Waals surface area contributed by atoms with Crippen molar-refractivity contribution >= 4 is 40.1 Å². The molecule has 33 heavy (non-hydrogen) atoms. The summed E-state index contributed by atoms with van der Waals surface area (Å²) in [5.41, 5.74) is 5.70. The Kier molecular flexibility index (Phi) is 8.95. The van der Waals surface area contributed by atoms with Crippen molar-refractivity contribution in [2.45, 2.75) is 70.9 Å². The van der Waals surface area contributed by atoms with Crippen molar-refractivity contribution in [1.29, 1.82) is 0 Å². The van der Waals surface area contributed by atoms with Gasteiger partial charge in [0.15, 0.2) is 0 Å². The van der Waals surface area contributed by atoms with E-state index in [2.05, 4.69) is 20.9 Å². The average Bonchev–Trinajstić information content (AvgIpc) is 3.18. The lowest BCUT2D eigenvalue weighted by atomic mass is 10.1. The van der Waals surface area contributed by atoms with E-state index in [1.807, 2.05) is 0 Å². The summed E-state index contributed by atoms with van der Waals surface area (Å²) in [7, 11) is 0. The van der Waals surface area contributed by atoms with E-state index in [0.29, 0.717) is 23.3 Å². The zero-order valence-electron chi connectivity index (χ0n) is 18.9. The van der Waals surface area contributed by atoms with Crippen molar-refractivity contribution in [2.75, 3.05) is 13.1 Å². The number of piperidine rings is 1. The molecule has 1 unspecified atom stereocenters. The summed E-state index contributed by atoms with van der Waals surface area (Å²) in [6.07, 6.45) is 7.00. The number of nitrogens with zero attached hydrogens (tertiary/aromatic N) is 2. The summed E-state index contributed by atoms with van der Waals surface area (Å²) in [6.45, 7) is 3.28. The summed E-state index contributed by atoms with van der Waals surface area (Å²) < 4.78 is 1.36. The fourth-order valence-corrected chi connectivity index (χ4v) is 4.88. The Morgan fingerprint density at radius 2 is 1.91 bits per heavy atom. The van der Waals surface area contributed by atoms with Crippen LogP contribution in [-0.2, 0) is 16.1 Å². The van der Waals surface area contributed by atoms with Crippen molar-refractivity contribution in [3.63, 3.8) is 0 Å². The number of hydrogen-bond donors (Lipinski definition) is 4. The number of nitrogens with one attached hydrogen (secondary N) is 3. The molecule has 1 saturated heterocycles. The first-order valence-electron chi connectivity index (χ1n) is 11.5. The fourth-order valence-electron chi connectivity index (χ4n) is 3.98. The minimum Gasteiger partial charge on any atom is -0.338 e. The molecule has 180 valence electrons. The monoisotopic (exact) mass is 476 g/mol. The van der Waals surface area contributed by atoms with Crippen molar-refractivity contribution in [1.82, 2.24) is 25.5 Å². The van der Waals surface area contributed by atoms with E-state index in [1.54, 1.807) is 12.3 Å². The molecule has 2 aromatic heterocycles. The average molecular weight is 477 g/mol. The minimum atomic E-state index is -0.750. The Bertz CT molecular complexity index is 1060. The van der Waals surface area contributed by atoms with Crippen LogP contribution in [0.5, 0.6) is 0 Å². The number of hydrogen-bond acceptors (Lipinski definition) is 7. The Hall–Kier alpha value is -2.79. The Morgan fingerprint density at radius 1 is 1.18 bits per heavy atom. The standard InChI is InChI=1S/C22H32N6O4S/c1-14-26-19-15(21(31)28(14)16-8-9-18(29)27-20(16)30)13-33-17(19)12-25-22(32)24-11-7-5-3-2-4-6-10-23/h13,16H,2-12,23H2,1H3,(H2,24,25,32)(H,27,29,30). The summed E-state index contributed by atoms with van der Waals surface area (Å²) in [4.78, 5) is 54.2. The minimum absolute atomic E-state index is 0.183. The van der Waals surface area contributed by atoms with E-state index < -0.39 is 11.9 Å². The van der Waals surface area contributed by atoms with Gasteiger partial charge in [0, 0.05) is 18.3 Å². The molecule has 10 nitrogen and oxygen atoms in total. The maximum Gasteiger partial charge on any atom is 0.315 e. The lowest BCUT2D eigenvalue weighted by Crippen LogP contribution is -2.45. The molecular formula is C22H32N6O4S. The first kappa shape index (κ1) is 24.8. The number of carbonyl (C=O) groups excluding carboxylic acids is 3. The van der Waals surface area contributed by atoms with E-state index in [4.69, 9.17) is 5.73 Å². The van der Waals surface area contributed by atoms with Crippen LogP contribution in [0.2, 0.25) is 0 Å². The van der Waals surface area contributed by atoms with Crippen molar-refractivity contribution in [3.8, 4) is 0 Å². The molecule has 3 heterocycles. The van der Waals surface area contributed by atoms with Gasteiger partial charge in [0.05, 0.1) is 22.3 Å². The van der Waals surface area contributed by atoms with Crippen molar-refractivity contribution in [3.05, 3.63) is 26.4 Å². The number of amides is 4. The van der Waals surface area contributed by atoms with E-state index in [9.17, 15) is 19.2 Å². The van der Waals surface area contributed by atoms with Crippen LogP contribution in [0.1, 0.15) is 68.1 Å². The largest absolute Gasteiger partial charge is 0.338 e. The molecule has 0 bridgehead atoms. The molecular weight excluding hydrogens is 444 g/mol. The summed E-state index contributed by atoms with van der Waals surface area (Å²) >= 11 is 1.34. The van der Waals surface area contributed by atoms with Gasteiger partial charge >= 0.3 is 6.03 Å². The molecule has 0 spiro atoms. The number of nitrogens with two attached hydrogens (primary N) is 1. The normalized spacial score (nSPS) is 16.1. The van der Waals surface area contributed by atoms with Gasteiger partial charge < -0.3 is 16.4 Å². The number of aryl methyl sites for hydroxylation is 1. The zero-order chi connectivity index (χ0) is 23.8. The number of rotatable bonds is 11. The topological polar surface area (TPSA) is 148 Å². The molecule has 1 aliphatic rings. The highest BCUT2D eigenvalue weighted by atomic mass is 32.1. The highest BCUT2D eigenvalue weighted by Crippen LogP contribution is 2.24. The maximum atomic E-state index is 13.1. The van der Waals surface area contributed by atoms with Gasteiger partial charge in [-0.1, -0.05) is 25.7 Å². The quantitative estimate of drug-likeness (QED) is 0.287. The molecule has 1 aliphatic heterocycles. The molecule has 3 rings (SSSR count). The smallest absolute Gasteiger partial charge is 0.315 e. The van der Waals surface area contributed by atoms with Crippen LogP contribution in [0.15, 0.2) is 10.2 Å². The third kappa shape index (κ3) is 6.38. The first-order valence-corrected chi connectivity index (χ1v) is 12.3. The first-order chi connectivity index (χ1) is 15.9. The van der Waals surface area contributed by atoms with Crippen LogP contribution in [-0.4, -0.2) is 40.5 Å². The Morgan fingerprint density at radius 3 is 2.64 bits per heavy atom. The number of urea groups is 1. The maximum absolute atomic E-state index is 13.1. The Labute approximate surface area is 196 Å². The molecule has 1 atom stereocenters. The molecule has 2 aromatic rings. The van der Waals surface area contributed by atoms with Gasteiger partial charge in [0.1, 0.15) is 11.9 Å². The van der Waals surface area contributed by atoms with Crippen molar-refractivity contribution < 1.29 is 14.4 Å². The van der Waals surface area contributed by atoms with Gasteiger partial charge in [-0.3, -0.25) is 24.3 Å². The highest BCUT2D eigenvalue weighted by Gasteiger charge is 2.30. The lowest BCUT2D eigenvalue weighted by Gasteiger charge is -2.24. The SMILES string of the molecule is Cc1nc2c(CNC(=O)NCCCCCCCCN)scc2c(=O)n1C1CCC(=O)NC1=O. The van der Waals surface area contributed by atoms with Crippen LogP contribution in [0, 0.1) is 6.92 Å². The molecule has 0 aliphatic carbocycles. The van der Waals surface area contributed by atoms with Gasteiger partial charge in [-0.15, -0.1) is 11.3 Å². The number of imide groups is 1. The van der Waals surface area contributed by atoms with E-state index >= 15 is 0 Å². The van der Waals surface area contributed by atoms with Gasteiger partial charge in [-0.05, 0) is 32.7 Å². The molecule has 0 aromatic carbocycles. The lowest BCUT2D eigenvalue weighted by molar-refractivity contribution is -0.135. The van der Waals surface area contributed by atoms with Crippen LogP contribution in [0.25, 0.3) is 10.9 Å². The zero-order valence-corrected chi connectivity index (χ0v) is 19.8. The number of thiophene rings is 1. The van der Waals surface area contributed by atoms with Gasteiger partial charge in [-0.2, -0.15) is 0 Å². The second-order valence-corrected chi connectivity index (χ2v) is 9.21. The van der Waals surface area contributed by atoms with E-state index in [0.717, 1.165) is 43.5 Å². The summed E-state index contributed by atoms with van der Waals surface area (Å²) in [5.74, 6) is -0.416. The second-order valence-electron chi connectivity index (χ2n) is 8.24. The number of carbonyl (C=O) groups is 3. The van der Waals surface area contributed by atoms with Gasteiger partial charge in [0.25, 0.3) is 5.56 Å². The van der Waals surface area contributed by atoms with Gasteiger partial charge in [0.2, 0.25) is 11.8 Å². The predicted molar refractivity (Wildman–Crippen MR) is 127 cm³/mol. The molecule has 5 N–H and O–H groups in total. The molecule has 0 radical (unpaired) electrons. The number of unbranched alkanes of at least 4 members (excludes halogenated alkanes) is 5. The van der Waals surface area contributed by atoms with E-state index in [1.165, 1.54) is 22.3 Å². The van der Waals surface area contributed by atoms with Gasteiger partial charge in [-0.25, -0.2) is 9.78 Å². The summed E-state index contributed by atoms with van der Waals surface area (Å²) in [6, 6.07) is -1.01. The molecule has 4 amide bonds. The fraction of sp³-hybridized carbons (Fsp3) is 0.591. The molecule has 1 fully saturated rings. The van der Waals surface area contributed by atoms with Crippen LogP contribution in [0.4, 0.5) is 4.79 Å². The Balaban J connectivity index is 1.55. The molecule has 0 saturated carbocycles. The van der Waals surface area contributed by atoms with Crippen LogP contribution < -0.4 is 27.2 Å². The van der Waals surface area contributed by atoms with Crippen LogP contribution >= 0.6 is 11.3 Å². The second kappa shape index (κ2) is 11.9. The summed E-state index contributed by atoms with van der Waals surface area (Å²) in [5, 5.41) is 10.1. The van der Waals surface area contributed by atoms with Crippen molar-refractivity contribution in [2.24, 2.45) is 5.73 Å². The van der Waals surface area contributed by atoms with E-state index in [-0.39, 0.29) is 36.9 Å².